The molecule has 1 heterocycles. The van der Waals surface area contributed by atoms with E-state index in [2.05, 4.69) is 15.8 Å². The van der Waals surface area contributed by atoms with E-state index in [9.17, 15) is 14.4 Å². The second-order valence-electron chi connectivity index (χ2n) is 5.05. The summed E-state index contributed by atoms with van der Waals surface area (Å²) in [7, 11) is 0. The van der Waals surface area contributed by atoms with Crippen LogP contribution in [0.3, 0.4) is 0 Å². The molecule has 0 aliphatic heterocycles. The normalized spacial score (nSPS) is 10.2. The van der Waals surface area contributed by atoms with E-state index < -0.39 is 11.8 Å². The smallest absolute Gasteiger partial charge is 0.245 e. The maximum absolute atomic E-state index is 12.0. The van der Waals surface area contributed by atoms with Gasteiger partial charge in [0.15, 0.2) is 11.6 Å². The number of carbonyl (C=O) groups excluding carboxylic acids is 3. The van der Waals surface area contributed by atoms with Crippen LogP contribution >= 0.6 is 11.6 Å². The zero-order chi connectivity index (χ0) is 17.5. The fourth-order valence-corrected chi connectivity index (χ4v) is 2.17. The van der Waals surface area contributed by atoms with Gasteiger partial charge in [0.05, 0.1) is 11.6 Å². The van der Waals surface area contributed by atoms with Gasteiger partial charge >= 0.3 is 0 Å². The summed E-state index contributed by atoms with van der Waals surface area (Å²) in [5.74, 6) is -0.220. The predicted octanol–water partition coefficient (Wildman–Crippen LogP) is 2.35. The lowest BCUT2D eigenvalue weighted by atomic mass is 10.1. The summed E-state index contributed by atoms with van der Waals surface area (Å²) in [6.45, 7) is 1.48. The average molecular weight is 350 g/mol. The van der Waals surface area contributed by atoms with Gasteiger partial charge in [-0.2, -0.15) is 0 Å². The van der Waals surface area contributed by atoms with Crippen molar-refractivity contribution in [2.45, 2.75) is 19.8 Å². The summed E-state index contributed by atoms with van der Waals surface area (Å²) in [6, 6.07) is 8.21. The van der Waals surface area contributed by atoms with Gasteiger partial charge in [0.2, 0.25) is 11.8 Å². The summed E-state index contributed by atoms with van der Waals surface area (Å²) >= 11 is 5.93. The predicted molar refractivity (Wildman–Crippen MR) is 87.9 cm³/mol. The van der Waals surface area contributed by atoms with E-state index >= 15 is 0 Å². The highest BCUT2D eigenvalue weighted by Crippen LogP contribution is 2.17. The first-order valence-electron chi connectivity index (χ1n) is 7.23. The number of halogens is 1. The summed E-state index contributed by atoms with van der Waals surface area (Å²) in [5.41, 5.74) is 0.381. The van der Waals surface area contributed by atoms with E-state index in [0.717, 1.165) is 0 Å². The zero-order valence-electron chi connectivity index (χ0n) is 13.0. The van der Waals surface area contributed by atoms with Crippen LogP contribution in [0.25, 0.3) is 0 Å². The molecule has 126 valence electrons. The largest absolute Gasteiger partial charge is 0.360 e. The van der Waals surface area contributed by atoms with Crippen LogP contribution in [0, 0.1) is 6.92 Å². The second kappa shape index (κ2) is 8.26. The number of amides is 2. The van der Waals surface area contributed by atoms with E-state index in [0.29, 0.717) is 16.3 Å². The average Bonchev–Trinajstić information content (AvgIpc) is 2.96. The number of rotatable bonds is 7. The third-order valence-electron chi connectivity index (χ3n) is 3.09. The molecule has 8 heteroatoms. The van der Waals surface area contributed by atoms with E-state index in [1.54, 1.807) is 37.3 Å². The van der Waals surface area contributed by atoms with Crippen molar-refractivity contribution in [1.29, 1.82) is 0 Å². The van der Waals surface area contributed by atoms with Crippen LogP contribution < -0.4 is 10.6 Å². The molecule has 0 atom stereocenters. The summed E-state index contributed by atoms with van der Waals surface area (Å²) in [5, 5.41) is 8.87. The highest BCUT2D eigenvalue weighted by atomic mass is 35.5. The number of anilines is 1. The number of ketones is 1. The third kappa shape index (κ3) is 5.20. The molecule has 24 heavy (non-hydrogen) atoms. The first-order valence-corrected chi connectivity index (χ1v) is 7.61. The van der Waals surface area contributed by atoms with Crippen molar-refractivity contribution < 1.29 is 18.9 Å². The van der Waals surface area contributed by atoms with Crippen LogP contribution in [0.5, 0.6) is 0 Å². The zero-order valence-corrected chi connectivity index (χ0v) is 13.7. The van der Waals surface area contributed by atoms with E-state index in [-0.39, 0.29) is 31.0 Å². The maximum Gasteiger partial charge on any atom is 0.245 e. The van der Waals surface area contributed by atoms with Gasteiger partial charge in [-0.25, -0.2) is 0 Å². The van der Waals surface area contributed by atoms with Crippen LogP contribution in [0.4, 0.5) is 5.82 Å². The molecule has 2 N–H and O–H groups in total. The summed E-state index contributed by atoms with van der Waals surface area (Å²) in [4.78, 5) is 35.3. The Morgan fingerprint density at radius 3 is 2.58 bits per heavy atom. The number of hydrogen-bond donors (Lipinski definition) is 2. The number of aryl methyl sites for hydroxylation is 1. The summed E-state index contributed by atoms with van der Waals surface area (Å²) < 4.78 is 4.81. The van der Waals surface area contributed by atoms with Crippen molar-refractivity contribution in [3.63, 3.8) is 0 Å². The molecule has 0 fully saturated rings. The van der Waals surface area contributed by atoms with Gasteiger partial charge in [0.1, 0.15) is 5.76 Å². The molecule has 0 radical (unpaired) electrons. The Morgan fingerprint density at radius 1 is 1.17 bits per heavy atom. The van der Waals surface area contributed by atoms with Crippen molar-refractivity contribution in [1.82, 2.24) is 10.5 Å². The molecule has 0 aliphatic rings. The quantitative estimate of drug-likeness (QED) is 0.747. The van der Waals surface area contributed by atoms with Crippen molar-refractivity contribution in [2.24, 2.45) is 0 Å². The van der Waals surface area contributed by atoms with Crippen molar-refractivity contribution >= 4 is 35.0 Å². The Bertz CT molecular complexity index is 757. The lowest BCUT2D eigenvalue weighted by molar-refractivity contribution is -0.124. The minimum absolute atomic E-state index is 0.0136. The third-order valence-corrected chi connectivity index (χ3v) is 3.42. The molecule has 1 aromatic carbocycles. The topological polar surface area (TPSA) is 101 Å². The first-order chi connectivity index (χ1) is 11.5. The van der Waals surface area contributed by atoms with E-state index in [1.807, 2.05) is 0 Å². The number of aromatic nitrogens is 1. The maximum atomic E-state index is 12.0. The Kier molecular flexibility index (Phi) is 6.08. The van der Waals surface area contributed by atoms with Crippen molar-refractivity contribution in [3.05, 3.63) is 46.7 Å². The Hall–Kier alpha value is -2.67. The van der Waals surface area contributed by atoms with Crippen LogP contribution in [-0.2, 0) is 9.59 Å². The van der Waals surface area contributed by atoms with Crippen LogP contribution in [0.2, 0.25) is 5.02 Å². The Labute approximate surface area is 143 Å². The lowest BCUT2D eigenvalue weighted by Gasteiger charge is -2.05. The number of nitrogens with zero attached hydrogens (tertiary/aromatic N) is 1. The second-order valence-corrected chi connectivity index (χ2v) is 5.46. The van der Waals surface area contributed by atoms with Crippen LogP contribution in [0.1, 0.15) is 29.0 Å². The van der Waals surface area contributed by atoms with E-state index in [1.165, 1.54) is 0 Å². The van der Waals surface area contributed by atoms with Gasteiger partial charge in [-0.1, -0.05) is 28.9 Å². The standard InChI is InChI=1S/C16H16ClN3O4/c1-10-8-14(20-24-10)19-16(23)9-18-15(22)7-6-13(21)11-4-2-3-5-12(11)17/h2-5,8H,6-7,9H2,1H3,(H,18,22)(H,19,20,23). The minimum Gasteiger partial charge on any atom is -0.360 e. The summed E-state index contributed by atoms with van der Waals surface area (Å²) in [6.07, 6.45) is -0.0138. The minimum atomic E-state index is -0.436. The molecule has 0 unspecified atom stereocenters. The van der Waals surface area contributed by atoms with Crippen molar-refractivity contribution in [3.8, 4) is 0 Å². The molecule has 0 saturated heterocycles. The molecule has 7 nitrogen and oxygen atoms in total. The highest BCUT2D eigenvalue weighted by Gasteiger charge is 2.13. The molecular weight excluding hydrogens is 334 g/mol. The number of benzene rings is 1. The number of nitrogens with one attached hydrogen (secondary N) is 2. The lowest BCUT2D eigenvalue weighted by Crippen LogP contribution is -2.33. The van der Waals surface area contributed by atoms with Gasteiger partial charge in [-0.05, 0) is 19.1 Å². The molecule has 2 rings (SSSR count). The van der Waals surface area contributed by atoms with Gasteiger partial charge in [0.25, 0.3) is 0 Å². The Balaban J connectivity index is 1.72. The van der Waals surface area contributed by atoms with Gasteiger partial charge in [-0.15, -0.1) is 0 Å². The molecule has 1 aromatic heterocycles. The van der Waals surface area contributed by atoms with Gasteiger partial charge < -0.3 is 15.2 Å². The molecule has 0 spiro atoms. The van der Waals surface area contributed by atoms with Crippen molar-refractivity contribution in [2.75, 3.05) is 11.9 Å². The molecule has 2 amide bonds. The molecule has 0 saturated carbocycles. The molecule has 2 aromatic rings. The fourth-order valence-electron chi connectivity index (χ4n) is 1.93. The highest BCUT2D eigenvalue weighted by molar-refractivity contribution is 6.34. The number of Topliss-reactive ketones (excluding diaryl/α,β-unsaturated/α-hetero) is 1. The fraction of sp³-hybridized carbons (Fsp3) is 0.250. The SMILES string of the molecule is Cc1cc(NC(=O)CNC(=O)CCC(=O)c2ccccc2Cl)no1. The Morgan fingerprint density at radius 2 is 1.92 bits per heavy atom. The molecule has 0 aliphatic carbocycles. The molecule has 0 bridgehead atoms. The monoisotopic (exact) mass is 349 g/mol. The molecular formula is C16H16ClN3O4. The van der Waals surface area contributed by atoms with Gasteiger partial charge in [0, 0.05) is 24.5 Å². The number of carbonyl (C=O) groups is 3. The van der Waals surface area contributed by atoms with Gasteiger partial charge in [-0.3, -0.25) is 14.4 Å². The number of hydrogen-bond acceptors (Lipinski definition) is 5. The van der Waals surface area contributed by atoms with E-state index in [4.69, 9.17) is 16.1 Å². The van der Waals surface area contributed by atoms with Crippen LogP contribution in [0.15, 0.2) is 34.9 Å². The van der Waals surface area contributed by atoms with Crippen LogP contribution in [-0.4, -0.2) is 29.3 Å². The first kappa shape index (κ1) is 17.7.